The maximum Gasteiger partial charge on any atom is 0.328 e. The molecule has 0 aliphatic carbocycles. The van der Waals surface area contributed by atoms with Crippen molar-refractivity contribution in [2.75, 3.05) is 0 Å². The Labute approximate surface area is 107 Å². The van der Waals surface area contributed by atoms with Gasteiger partial charge in [0.15, 0.2) is 11.6 Å². The van der Waals surface area contributed by atoms with E-state index < -0.39 is 22.9 Å². The molecule has 2 rings (SSSR count). The second-order valence-corrected chi connectivity index (χ2v) is 4.14. The molecule has 1 aromatic heterocycles. The van der Waals surface area contributed by atoms with Gasteiger partial charge in [-0.15, -0.1) is 0 Å². The van der Waals surface area contributed by atoms with Crippen LogP contribution < -0.4 is 11.2 Å². The monoisotopic (exact) mass is 266 g/mol. The molecule has 0 atom stereocenters. The second kappa shape index (κ2) is 5.17. The van der Waals surface area contributed by atoms with Crippen LogP contribution in [0.4, 0.5) is 8.78 Å². The van der Waals surface area contributed by atoms with Crippen LogP contribution in [0.3, 0.4) is 0 Å². The highest BCUT2D eigenvalue weighted by atomic mass is 19.2. The number of aromatic nitrogens is 2. The largest absolute Gasteiger partial charge is 0.328 e. The van der Waals surface area contributed by atoms with Crippen LogP contribution in [0.25, 0.3) is 0 Å². The SMILES string of the molecule is CCc1cn(Cc2ccc(F)c(F)c2)c(=O)[nH]c1=O. The molecule has 2 aromatic rings. The number of hydrogen-bond donors (Lipinski definition) is 1. The van der Waals surface area contributed by atoms with E-state index in [0.717, 1.165) is 12.1 Å². The minimum atomic E-state index is -0.967. The van der Waals surface area contributed by atoms with Crippen molar-refractivity contribution in [2.45, 2.75) is 19.9 Å². The molecule has 1 heterocycles. The average Bonchev–Trinajstić information content (AvgIpc) is 2.37. The lowest BCUT2D eigenvalue weighted by atomic mass is 10.2. The van der Waals surface area contributed by atoms with Crippen LogP contribution in [0.1, 0.15) is 18.1 Å². The number of halogens is 2. The van der Waals surface area contributed by atoms with E-state index in [4.69, 9.17) is 0 Å². The summed E-state index contributed by atoms with van der Waals surface area (Å²) in [5.74, 6) is -1.91. The topological polar surface area (TPSA) is 54.9 Å². The van der Waals surface area contributed by atoms with E-state index in [-0.39, 0.29) is 6.54 Å². The predicted molar refractivity (Wildman–Crippen MR) is 66.2 cm³/mol. The van der Waals surface area contributed by atoms with Gasteiger partial charge in [-0.3, -0.25) is 14.3 Å². The van der Waals surface area contributed by atoms with Crippen LogP contribution >= 0.6 is 0 Å². The predicted octanol–water partition coefficient (Wildman–Crippen LogP) is 1.43. The lowest BCUT2D eigenvalue weighted by molar-refractivity contribution is 0.506. The van der Waals surface area contributed by atoms with Crippen molar-refractivity contribution < 1.29 is 8.78 Å². The summed E-state index contributed by atoms with van der Waals surface area (Å²) in [6, 6.07) is 3.42. The Bertz CT molecular complexity index is 719. The van der Waals surface area contributed by atoms with Crippen LogP contribution in [0.15, 0.2) is 34.0 Å². The summed E-state index contributed by atoms with van der Waals surface area (Å²) in [5.41, 5.74) is -0.0988. The molecule has 0 bridgehead atoms. The fraction of sp³-hybridized carbons (Fsp3) is 0.231. The molecule has 0 saturated heterocycles. The summed E-state index contributed by atoms with van der Waals surface area (Å²) in [6.07, 6.45) is 1.91. The van der Waals surface area contributed by atoms with E-state index in [2.05, 4.69) is 4.98 Å². The lowest BCUT2D eigenvalue weighted by Crippen LogP contribution is -2.31. The van der Waals surface area contributed by atoms with Crippen molar-refractivity contribution in [3.05, 3.63) is 68.0 Å². The molecule has 0 aliphatic rings. The van der Waals surface area contributed by atoms with Crippen LogP contribution in [-0.4, -0.2) is 9.55 Å². The second-order valence-electron chi connectivity index (χ2n) is 4.14. The third-order valence-electron chi connectivity index (χ3n) is 2.80. The summed E-state index contributed by atoms with van der Waals surface area (Å²) >= 11 is 0. The molecule has 0 unspecified atom stereocenters. The highest BCUT2D eigenvalue weighted by Crippen LogP contribution is 2.09. The molecule has 19 heavy (non-hydrogen) atoms. The number of benzene rings is 1. The van der Waals surface area contributed by atoms with Crippen LogP contribution in [0.5, 0.6) is 0 Å². The van der Waals surface area contributed by atoms with Gasteiger partial charge in [0.2, 0.25) is 0 Å². The number of H-pyrrole nitrogens is 1. The van der Waals surface area contributed by atoms with Crippen LogP contribution in [0, 0.1) is 11.6 Å². The number of nitrogens with zero attached hydrogens (tertiary/aromatic N) is 1. The van der Waals surface area contributed by atoms with Gasteiger partial charge in [-0.1, -0.05) is 13.0 Å². The van der Waals surface area contributed by atoms with Crippen molar-refractivity contribution in [3.8, 4) is 0 Å². The molecule has 0 spiro atoms. The quantitative estimate of drug-likeness (QED) is 0.913. The Morgan fingerprint density at radius 1 is 1.21 bits per heavy atom. The first-order valence-corrected chi connectivity index (χ1v) is 5.78. The van der Waals surface area contributed by atoms with Crippen LogP contribution in [0.2, 0.25) is 0 Å². The van der Waals surface area contributed by atoms with E-state index in [1.54, 1.807) is 6.92 Å². The zero-order chi connectivity index (χ0) is 14.0. The molecule has 0 fully saturated rings. The summed E-state index contributed by atoms with van der Waals surface area (Å²) in [7, 11) is 0. The molecular weight excluding hydrogens is 254 g/mol. The number of hydrogen-bond acceptors (Lipinski definition) is 2. The molecule has 1 aromatic carbocycles. The normalized spacial score (nSPS) is 10.7. The number of aromatic amines is 1. The summed E-state index contributed by atoms with van der Waals surface area (Å²) in [6.45, 7) is 1.86. The fourth-order valence-electron chi connectivity index (χ4n) is 1.76. The summed E-state index contributed by atoms with van der Waals surface area (Å²) in [5, 5.41) is 0. The summed E-state index contributed by atoms with van der Waals surface area (Å²) < 4.78 is 27.1. The van der Waals surface area contributed by atoms with Crippen molar-refractivity contribution in [2.24, 2.45) is 0 Å². The van der Waals surface area contributed by atoms with Crippen molar-refractivity contribution in [1.29, 1.82) is 0 Å². The Morgan fingerprint density at radius 2 is 1.95 bits per heavy atom. The Morgan fingerprint density at radius 3 is 2.58 bits per heavy atom. The van der Waals surface area contributed by atoms with E-state index in [1.807, 2.05) is 0 Å². The Kier molecular flexibility index (Phi) is 3.59. The summed E-state index contributed by atoms with van der Waals surface area (Å²) in [4.78, 5) is 25.2. The molecule has 1 N–H and O–H groups in total. The van der Waals surface area contributed by atoms with Crippen molar-refractivity contribution >= 4 is 0 Å². The number of aryl methyl sites for hydroxylation is 1. The van der Waals surface area contributed by atoms with E-state index in [0.29, 0.717) is 17.5 Å². The van der Waals surface area contributed by atoms with Gasteiger partial charge in [-0.05, 0) is 24.1 Å². The van der Waals surface area contributed by atoms with Gasteiger partial charge in [-0.25, -0.2) is 13.6 Å². The Hall–Kier alpha value is -2.24. The zero-order valence-corrected chi connectivity index (χ0v) is 10.2. The molecule has 0 amide bonds. The van der Waals surface area contributed by atoms with Gasteiger partial charge in [-0.2, -0.15) is 0 Å². The van der Waals surface area contributed by atoms with E-state index >= 15 is 0 Å². The maximum absolute atomic E-state index is 13.1. The van der Waals surface area contributed by atoms with Crippen molar-refractivity contribution in [3.63, 3.8) is 0 Å². The third-order valence-corrected chi connectivity index (χ3v) is 2.80. The molecule has 6 heteroatoms. The first-order chi connectivity index (χ1) is 9.01. The maximum atomic E-state index is 13.1. The highest BCUT2D eigenvalue weighted by molar-refractivity contribution is 5.18. The molecule has 0 saturated carbocycles. The first kappa shape index (κ1) is 13.2. The van der Waals surface area contributed by atoms with Gasteiger partial charge >= 0.3 is 5.69 Å². The Balaban J connectivity index is 2.40. The van der Waals surface area contributed by atoms with Gasteiger partial charge in [0.25, 0.3) is 5.56 Å². The standard InChI is InChI=1S/C13H12F2N2O2/c1-2-9-7-17(13(19)16-12(9)18)6-8-3-4-10(14)11(15)5-8/h3-5,7H,2,6H2,1H3,(H,16,18,19). The van der Waals surface area contributed by atoms with Gasteiger partial charge in [0.05, 0.1) is 6.54 Å². The minimum absolute atomic E-state index is 0.0693. The first-order valence-electron chi connectivity index (χ1n) is 5.78. The minimum Gasteiger partial charge on any atom is -0.296 e. The molecule has 100 valence electrons. The number of rotatable bonds is 3. The van der Waals surface area contributed by atoms with Gasteiger partial charge in [0.1, 0.15) is 0 Å². The molecule has 0 aliphatic heterocycles. The van der Waals surface area contributed by atoms with Crippen molar-refractivity contribution in [1.82, 2.24) is 9.55 Å². The van der Waals surface area contributed by atoms with E-state index in [9.17, 15) is 18.4 Å². The third kappa shape index (κ3) is 2.78. The lowest BCUT2D eigenvalue weighted by Gasteiger charge is -2.07. The van der Waals surface area contributed by atoms with Gasteiger partial charge < -0.3 is 0 Å². The molecule has 4 nitrogen and oxygen atoms in total. The average molecular weight is 266 g/mol. The molecular formula is C13H12F2N2O2. The van der Waals surface area contributed by atoms with Gasteiger partial charge in [0, 0.05) is 11.8 Å². The smallest absolute Gasteiger partial charge is 0.296 e. The van der Waals surface area contributed by atoms with E-state index in [1.165, 1.54) is 16.8 Å². The zero-order valence-electron chi connectivity index (χ0n) is 10.2. The fourth-order valence-corrected chi connectivity index (χ4v) is 1.76. The van der Waals surface area contributed by atoms with Crippen LogP contribution in [-0.2, 0) is 13.0 Å². The highest BCUT2D eigenvalue weighted by Gasteiger charge is 2.06. The number of nitrogens with one attached hydrogen (secondary N) is 1. The molecule has 0 radical (unpaired) electrons.